The number of nitrogens with zero attached hydrogens (tertiary/aromatic N) is 1. The van der Waals surface area contributed by atoms with Gasteiger partial charge in [0, 0.05) is 37.6 Å². The van der Waals surface area contributed by atoms with Crippen molar-refractivity contribution in [3.05, 3.63) is 125 Å². The molecule has 9 heteroatoms. The highest BCUT2D eigenvalue weighted by atomic mass is 16.5. The van der Waals surface area contributed by atoms with Crippen LogP contribution in [0.2, 0.25) is 0 Å². The molecular weight excluding hydrogens is 582 g/mol. The van der Waals surface area contributed by atoms with Gasteiger partial charge in [-0.1, -0.05) is 54.6 Å². The van der Waals surface area contributed by atoms with E-state index in [1.54, 1.807) is 43.5 Å². The van der Waals surface area contributed by atoms with Crippen LogP contribution >= 0.6 is 0 Å². The predicted octanol–water partition coefficient (Wildman–Crippen LogP) is 5.67. The molecule has 1 heterocycles. The number of para-hydroxylation sites is 1. The number of fused-ring (bicyclic) bond motifs is 1. The molecule has 0 unspecified atom stereocenters. The Morgan fingerprint density at radius 2 is 1.43 bits per heavy atom. The van der Waals surface area contributed by atoms with E-state index in [-0.39, 0.29) is 61.6 Å². The molecule has 2 N–H and O–H groups in total. The predicted molar refractivity (Wildman–Crippen MR) is 174 cm³/mol. The number of nitrogens with one attached hydrogen (secondary N) is 2. The molecule has 0 bridgehead atoms. The number of rotatable bonds is 15. The van der Waals surface area contributed by atoms with E-state index >= 15 is 0 Å². The minimum absolute atomic E-state index is 0.0241. The zero-order valence-electron chi connectivity index (χ0n) is 25.5. The molecule has 46 heavy (non-hydrogen) atoms. The standard InChI is InChI=1S/C37H35N3O6/c1-45-30-16-14-25(15-17-30)20-27(35(42)39-18-19-40-36(43)33-12-5-6-13-34(33)37(40)44)23-28(38)24-29(41)21-26-8-7-11-32(22-26)46-31-9-3-2-4-10-31/h2-17,22,27,38H,18-21,23-24H2,1H3,(H,39,42)/t27-/m1/s1. The van der Waals surface area contributed by atoms with Crippen molar-refractivity contribution in [2.45, 2.75) is 25.7 Å². The maximum atomic E-state index is 13.4. The van der Waals surface area contributed by atoms with Gasteiger partial charge in [0.1, 0.15) is 23.0 Å². The topological polar surface area (TPSA) is 126 Å². The number of Topliss-reactive ketones (excluding diaryl/α,β-unsaturated/α-hetero) is 1. The molecule has 4 aromatic carbocycles. The molecule has 1 aliphatic heterocycles. The summed E-state index contributed by atoms with van der Waals surface area (Å²) in [7, 11) is 1.57. The van der Waals surface area contributed by atoms with E-state index in [9.17, 15) is 19.2 Å². The van der Waals surface area contributed by atoms with Gasteiger partial charge in [0.25, 0.3) is 11.8 Å². The SMILES string of the molecule is COc1ccc(C[C@H](CC(=N)CC(=O)Cc2cccc(Oc3ccccc3)c2)C(=O)NCCN2C(=O)c3ccccc3C2=O)cc1. The molecule has 0 aromatic heterocycles. The summed E-state index contributed by atoms with van der Waals surface area (Å²) < 4.78 is 11.1. The Hall–Kier alpha value is -5.57. The first-order valence-electron chi connectivity index (χ1n) is 15.1. The third-order valence-corrected chi connectivity index (χ3v) is 7.71. The highest BCUT2D eigenvalue weighted by molar-refractivity contribution is 6.21. The second-order valence-electron chi connectivity index (χ2n) is 11.1. The lowest BCUT2D eigenvalue weighted by atomic mass is 9.91. The number of methoxy groups -OCH3 is 1. The number of ketones is 1. The zero-order valence-corrected chi connectivity index (χ0v) is 25.5. The van der Waals surface area contributed by atoms with Crippen LogP contribution in [0.1, 0.15) is 44.7 Å². The molecule has 0 aliphatic carbocycles. The van der Waals surface area contributed by atoms with E-state index < -0.39 is 5.92 Å². The minimum atomic E-state index is -0.640. The maximum Gasteiger partial charge on any atom is 0.261 e. The van der Waals surface area contributed by atoms with E-state index in [2.05, 4.69) is 5.32 Å². The van der Waals surface area contributed by atoms with Crippen molar-refractivity contribution in [2.24, 2.45) is 5.92 Å². The van der Waals surface area contributed by atoms with Crippen LogP contribution in [-0.4, -0.2) is 54.3 Å². The van der Waals surface area contributed by atoms with Crippen LogP contribution in [0.15, 0.2) is 103 Å². The second-order valence-corrected chi connectivity index (χ2v) is 11.1. The summed E-state index contributed by atoms with van der Waals surface area (Å²) in [4.78, 5) is 52.9. The Kier molecular flexibility index (Phi) is 10.3. The van der Waals surface area contributed by atoms with Gasteiger partial charge in [-0.3, -0.25) is 24.1 Å². The lowest BCUT2D eigenvalue weighted by molar-refractivity contribution is -0.125. The third-order valence-electron chi connectivity index (χ3n) is 7.71. The molecule has 1 atom stereocenters. The molecule has 4 aromatic rings. The number of amides is 3. The average Bonchev–Trinajstić information content (AvgIpc) is 3.30. The molecule has 0 radical (unpaired) electrons. The molecular formula is C37H35N3O6. The normalized spacial score (nSPS) is 12.8. The van der Waals surface area contributed by atoms with Gasteiger partial charge in [-0.2, -0.15) is 0 Å². The summed E-state index contributed by atoms with van der Waals surface area (Å²) in [5.41, 5.74) is 2.49. The van der Waals surface area contributed by atoms with Crippen molar-refractivity contribution >= 4 is 29.2 Å². The number of imide groups is 1. The summed E-state index contributed by atoms with van der Waals surface area (Å²) in [6.45, 7) is 0.0907. The Bertz CT molecular complexity index is 1700. The number of benzene rings is 4. The molecule has 9 nitrogen and oxygen atoms in total. The lowest BCUT2D eigenvalue weighted by Gasteiger charge is -2.19. The van der Waals surface area contributed by atoms with Crippen molar-refractivity contribution in [1.82, 2.24) is 10.2 Å². The maximum absolute atomic E-state index is 13.4. The monoisotopic (exact) mass is 617 g/mol. The van der Waals surface area contributed by atoms with Crippen LogP contribution in [0.5, 0.6) is 17.2 Å². The fraction of sp³-hybridized carbons (Fsp3) is 0.216. The molecule has 1 aliphatic rings. The summed E-state index contributed by atoms with van der Waals surface area (Å²) in [5.74, 6) is 0.109. The molecule has 5 rings (SSSR count). The van der Waals surface area contributed by atoms with E-state index in [1.165, 1.54) is 0 Å². The average molecular weight is 618 g/mol. The Labute approximate surface area is 267 Å². The lowest BCUT2D eigenvalue weighted by Crippen LogP contribution is -2.40. The van der Waals surface area contributed by atoms with Gasteiger partial charge in [0.15, 0.2) is 0 Å². The fourth-order valence-corrected chi connectivity index (χ4v) is 5.42. The molecule has 0 spiro atoms. The molecule has 3 amide bonds. The van der Waals surface area contributed by atoms with Gasteiger partial charge in [-0.05, 0) is 72.5 Å². The van der Waals surface area contributed by atoms with Gasteiger partial charge in [-0.25, -0.2) is 0 Å². The largest absolute Gasteiger partial charge is 0.497 e. The van der Waals surface area contributed by atoms with Crippen molar-refractivity contribution in [3.63, 3.8) is 0 Å². The van der Waals surface area contributed by atoms with E-state index in [1.807, 2.05) is 66.7 Å². The van der Waals surface area contributed by atoms with E-state index in [0.717, 1.165) is 16.0 Å². The van der Waals surface area contributed by atoms with E-state index in [4.69, 9.17) is 14.9 Å². The van der Waals surface area contributed by atoms with Crippen LogP contribution in [0.25, 0.3) is 0 Å². The van der Waals surface area contributed by atoms with Crippen LogP contribution < -0.4 is 14.8 Å². The number of ether oxygens (including phenoxy) is 2. The molecule has 234 valence electrons. The summed E-state index contributed by atoms with van der Waals surface area (Å²) >= 11 is 0. The van der Waals surface area contributed by atoms with Gasteiger partial charge in [0.05, 0.1) is 18.2 Å². The second kappa shape index (κ2) is 14.9. The summed E-state index contributed by atoms with van der Waals surface area (Å²) in [5, 5.41) is 11.5. The first-order valence-corrected chi connectivity index (χ1v) is 15.1. The number of carbonyl (C=O) groups is 4. The van der Waals surface area contributed by atoms with Gasteiger partial charge < -0.3 is 20.2 Å². The van der Waals surface area contributed by atoms with Crippen LogP contribution in [0.3, 0.4) is 0 Å². The van der Waals surface area contributed by atoms with Crippen molar-refractivity contribution in [1.29, 1.82) is 5.41 Å². The highest BCUT2D eigenvalue weighted by Crippen LogP contribution is 2.24. The Balaban J connectivity index is 1.18. The number of hydrogen-bond donors (Lipinski definition) is 2. The van der Waals surface area contributed by atoms with Crippen LogP contribution in [0, 0.1) is 11.3 Å². The fourth-order valence-electron chi connectivity index (χ4n) is 5.42. The Morgan fingerprint density at radius 1 is 0.783 bits per heavy atom. The van der Waals surface area contributed by atoms with Crippen LogP contribution in [0.4, 0.5) is 0 Å². The van der Waals surface area contributed by atoms with Crippen LogP contribution in [-0.2, 0) is 22.4 Å². The first-order chi connectivity index (χ1) is 22.3. The quantitative estimate of drug-likeness (QED) is 0.131. The van der Waals surface area contributed by atoms with Gasteiger partial charge >= 0.3 is 0 Å². The van der Waals surface area contributed by atoms with Gasteiger partial charge in [-0.15, -0.1) is 0 Å². The van der Waals surface area contributed by atoms with E-state index in [0.29, 0.717) is 34.8 Å². The summed E-state index contributed by atoms with van der Waals surface area (Å²) in [6.07, 6.45) is 0.446. The molecule has 0 fully saturated rings. The number of carbonyl (C=O) groups excluding carboxylic acids is 4. The van der Waals surface area contributed by atoms with Crippen molar-refractivity contribution in [3.8, 4) is 17.2 Å². The molecule has 0 saturated heterocycles. The Morgan fingerprint density at radius 3 is 2.11 bits per heavy atom. The number of hydrogen-bond acceptors (Lipinski definition) is 7. The highest BCUT2D eigenvalue weighted by Gasteiger charge is 2.34. The van der Waals surface area contributed by atoms with Gasteiger partial charge in [0.2, 0.25) is 5.91 Å². The minimum Gasteiger partial charge on any atom is -0.497 e. The first kappa shape index (κ1) is 31.8. The van der Waals surface area contributed by atoms with Crippen molar-refractivity contribution in [2.75, 3.05) is 20.2 Å². The smallest absolute Gasteiger partial charge is 0.261 e. The van der Waals surface area contributed by atoms with Crippen molar-refractivity contribution < 1.29 is 28.7 Å². The third kappa shape index (κ3) is 8.12. The zero-order chi connectivity index (χ0) is 32.5. The summed E-state index contributed by atoms with van der Waals surface area (Å²) in [6, 6.07) is 30.6. The molecule has 0 saturated carbocycles.